The number of aliphatic hydroxyl groups excluding tert-OH is 1. The van der Waals surface area contributed by atoms with Crippen molar-refractivity contribution in [3.05, 3.63) is 35.6 Å². The molecule has 0 saturated heterocycles. The Bertz CT molecular complexity index is 235. The Morgan fingerprint density at radius 3 is 2.42 bits per heavy atom. The molecule has 0 aliphatic rings. The van der Waals surface area contributed by atoms with Crippen molar-refractivity contribution >= 4 is 22.6 Å². The average molecular weight is 280 g/mol. The van der Waals surface area contributed by atoms with Gasteiger partial charge in [0.15, 0.2) is 0 Å². The van der Waals surface area contributed by atoms with Gasteiger partial charge in [-0.15, -0.1) is 0 Å². The minimum Gasteiger partial charge on any atom is -0.388 e. The zero-order valence-corrected chi connectivity index (χ0v) is 8.66. The van der Waals surface area contributed by atoms with Crippen LogP contribution in [0.3, 0.4) is 0 Å². The van der Waals surface area contributed by atoms with Crippen molar-refractivity contribution in [3.63, 3.8) is 0 Å². The van der Waals surface area contributed by atoms with Gasteiger partial charge in [0.2, 0.25) is 0 Å². The summed E-state index contributed by atoms with van der Waals surface area (Å²) in [6.45, 7) is 0. The summed E-state index contributed by atoms with van der Waals surface area (Å²) in [5, 5.41) is 9.48. The van der Waals surface area contributed by atoms with Crippen LogP contribution in [0.5, 0.6) is 0 Å². The molecule has 0 radical (unpaired) electrons. The van der Waals surface area contributed by atoms with Crippen LogP contribution in [0, 0.1) is 5.82 Å². The molecule has 1 aromatic rings. The Morgan fingerprint density at radius 1 is 1.33 bits per heavy atom. The van der Waals surface area contributed by atoms with Crippen molar-refractivity contribution in [2.75, 3.05) is 4.43 Å². The highest BCUT2D eigenvalue weighted by atomic mass is 127. The number of aliphatic hydroxyl groups is 1. The van der Waals surface area contributed by atoms with Gasteiger partial charge in [0.1, 0.15) is 5.82 Å². The van der Waals surface area contributed by atoms with Crippen LogP contribution >= 0.6 is 22.6 Å². The minimum absolute atomic E-state index is 0.263. The number of alkyl halides is 1. The van der Waals surface area contributed by atoms with E-state index in [1.54, 1.807) is 12.1 Å². The molecule has 0 aliphatic carbocycles. The van der Waals surface area contributed by atoms with Gasteiger partial charge < -0.3 is 5.11 Å². The monoisotopic (exact) mass is 280 g/mol. The normalized spacial score (nSPS) is 12.9. The third-order valence-corrected chi connectivity index (χ3v) is 2.26. The van der Waals surface area contributed by atoms with Gasteiger partial charge in [-0.3, -0.25) is 0 Å². The highest BCUT2D eigenvalue weighted by Gasteiger charge is 2.05. The van der Waals surface area contributed by atoms with Gasteiger partial charge in [0, 0.05) is 4.43 Å². The second kappa shape index (κ2) is 4.77. The second-order valence-electron chi connectivity index (χ2n) is 2.55. The lowest BCUT2D eigenvalue weighted by Crippen LogP contribution is -1.97. The van der Waals surface area contributed by atoms with E-state index >= 15 is 0 Å². The summed E-state index contributed by atoms with van der Waals surface area (Å²) < 4.78 is 13.4. The van der Waals surface area contributed by atoms with E-state index in [-0.39, 0.29) is 5.82 Å². The molecule has 0 spiro atoms. The minimum atomic E-state index is -0.456. The van der Waals surface area contributed by atoms with Crippen LogP contribution in [0.4, 0.5) is 4.39 Å². The Balaban J connectivity index is 2.68. The summed E-state index contributed by atoms with van der Waals surface area (Å²) >= 11 is 2.20. The Labute approximate surface area is 84.7 Å². The van der Waals surface area contributed by atoms with Gasteiger partial charge in [-0.05, 0) is 24.1 Å². The maximum Gasteiger partial charge on any atom is 0.123 e. The fourth-order valence-electron chi connectivity index (χ4n) is 0.955. The molecule has 1 N–H and O–H groups in total. The summed E-state index contributed by atoms with van der Waals surface area (Å²) in [5.74, 6) is -0.263. The van der Waals surface area contributed by atoms with Crippen molar-refractivity contribution in [1.29, 1.82) is 0 Å². The van der Waals surface area contributed by atoms with Crippen LogP contribution in [0.1, 0.15) is 18.1 Å². The quantitative estimate of drug-likeness (QED) is 0.666. The average Bonchev–Trinajstić information content (AvgIpc) is 2.06. The van der Waals surface area contributed by atoms with Gasteiger partial charge in [0.05, 0.1) is 6.10 Å². The van der Waals surface area contributed by atoms with E-state index in [1.165, 1.54) is 12.1 Å². The lowest BCUT2D eigenvalue weighted by atomic mass is 10.1. The van der Waals surface area contributed by atoms with Crippen molar-refractivity contribution < 1.29 is 9.50 Å². The molecule has 0 aromatic heterocycles. The number of hydrogen-bond donors (Lipinski definition) is 1. The predicted molar refractivity (Wildman–Crippen MR) is 54.9 cm³/mol. The zero-order valence-electron chi connectivity index (χ0n) is 6.50. The van der Waals surface area contributed by atoms with Crippen molar-refractivity contribution in [1.82, 2.24) is 0 Å². The third kappa shape index (κ3) is 2.71. The maximum absolute atomic E-state index is 12.5. The van der Waals surface area contributed by atoms with E-state index in [4.69, 9.17) is 0 Å². The Kier molecular flexibility index (Phi) is 3.94. The molecule has 1 aromatic carbocycles. The topological polar surface area (TPSA) is 20.2 Å². The molecule has 0 fully saturated rings. The number of benzene rings is 1. The molecule has 12 heavy (non-hydrogen) atoms. The number of halogens is 2. The van der Waals surface area contributed by atoms with E-state index in [0.29, 0.717) is 6.42 Å². The van der Waals surface area contributed by atoms with Gasteiger partial charge >= 0.3 is 0 Å². The predicted octanol–water partition coefficient (Wildman–Crippen LogP) is 2.68. The molecule has 0 bridgehead atoms. The molecule has 1 atom stereocenters. The van der Waals surface area contributed by atoms with Crippen LogP contribution in [0.15, 0.2) is 24.3 Å². The van der Waals surface area contributed by atoms with E-state index in [9.17, 15) is 9.50 Å². The Morgan fingerprint density at radius 2 is 1.92 bits per heavy atom. The zero-order chi connectivity index (χ0) is 8.97. The van der Waals surface area contributed by atoms with E-state index in [2.05, 4.69) is 22.6 Å². The molecule has 1 nitrogen and oxygen atoms in total. The lowest BCUT2D eigenvalue weighted by molar-refractivity contribution is 0.176. The van der Waals surface area contributed by atoms with Gasteiger partial charge in [0.25, 0.3) is 0 Å². The van der Waals surface area contributed by atoms with Gasteiger partial charge in [-0.2, -0.15) is 0 Å². The first-order valence-corrected chi connectivity index (χ1v) is 5.26. The first-order valence-electron chi connectivity index (χ1n) is 3.73. The molecular formula is C9H10FIO. The van der Waals surface area contributed by atoms with Crippen molar-refractivity contribution in [3.8, 4) is 0 Å². The van der Waals surface area contributed by atoms with E-state index in [1.807, 2.05) is 0 Å². The van der Waals surface area contributed by atoms with Crippen LogP contribution in [-0.4, -0.2) is 9.53 Å². The van der Waals surface area contributed by atoms with Gasteiger partial charge in [-0.25, -0.2) is 4.39 Å². The van der Waals surface area contributed by atoms with E-state index < -0.39 is 6.10 Å². The van der Waals surface area contributed by atoms with Crippen LogP contribution < -0.4 is 0 Å². The molecule has 1 rings (SSSR count). The SMILES string of the molecule is OC(CCI)c1ccc(F)cc1. The summed E-state index contributed by atoms with van der Waals surface area (Å²) in [4.78, 5) is 0. The molecule has 1 unspecified atom stereocenters. The maximum atomic E-state index is 12.5. The van der Waals surface area contributed by atoms with Crippen LogP contribution in [0.25, 0.3) is 0 Å². The van der Waals surface area contributed by atoms with Crippen molar-refractivity contribution in [2.45, 2.75) is 12.5 Å². The molecule has 3 heteroatoms. The summed E-state index contributed by atoms with van der Waals surface area (Å²) in [6, 6.07) is 5.97. The smallest absolute Gasteiger partial charge is 0.123 e. The van der Waals surface area contributed by atoms with E-state index in [0.717, 1.165) is 9.99 Å². The lowest BCUT2D eigenvalue weighted by Gasteiger charge is -2.07. The molecule has 0 amide bonds. The molecule has 66 valence electrons. The second-order valence-corrected chi connectivity index (χ2v) is 3.62. The fourth-order valence-corrected chi connectivity index (χ4v) is 1.54. The highest BCUT2D eigenvalue weighted by molar-refractivity contribution is 14.1. The molecule has 0 aliphatic heterocycles. The standard InChI is InChI=1S/C9H10FIO/c10-8-3-1-7(2-4-8)9(12)5-6-11/h1-4,9,12H,5-6H2. The third-order valence-electron chi connectivity index (χ3n) is 1.64. The highest BCUT2D eigenvalue weighted by Crippen LogP contribution is 2.17. The number of hydrogen-bond acceptors (Lipinski definition) is 1. The number of rotatable bonds is 3. The largest absolute Gasteiger partial charge is 0.388 e. The van der Waals surface area contributed by atoms with Gasteiger partial charge in [-0.1, -0.05) is 34.7 Å². The summed E-state index contributed by atoms with van der Waals surface area (Å²) in [5.41, 5.74) is 0.785. The first-order chi connectivity index (χ1) is 5.74. The summed E-state index contributed by atoms with van der Waals surface area (Å²) in [6.07, 6.45) is 0.258. The Hall–Kier alpha value is -0.160. The van der Waals surface area contributed by atoms with Crippen molar-refractivity contribution in [2.24, 2.45) is 0 Å². The first kappa shape index (κ1) is 9.92. The molecule has 0 saturated carbocycles. The van der Waals surface area contributed by atoms with Crippen LogP contribution in [0.2, 0.25) is 0 Å². The van der Waals surface area contributed by atoms with Crippen LogP contribution in [-0.2, 0) is 0 Å². The molecular weight excluding hydrogens is 270 g/mol. The fraction of sp³-hybridized carbons (Fsp3) is 0.333. The molecule has 0 heterocycles. The summed E-state index contributed by atoms with van der Waals surface area (Å²) in [7, 11) is 0.